The molecule has 0 fully saturated rings. The Bertz CT molecular complexity index is 784. The fourth-order valence-corrected chi connectivity index (χ4v) is 7.36. The van der Waals surface area contributed by atoms with Gasteiger partial charge in [0.15, 0.2) is 0 Å². The third-order valence-corrected chi connectivity index (χ3v) is 8.35. The Labute approximate surface area is 168 Å². The predicted molar refractivity (Wildman–Crippen MR) is 90.7 cm³/mol. The van der Waals surface area contributed by atoms with Crippen LogP contribution in [0.5, 0.6) is 0 Å². The van der Waals surface area contributed by atoms with Crippen molar-refractivity contribution in [3.05, 3.63) is 71.8 Å². The largest absolute Gasteiger partial charge is 1.00 e. The number of hydrogen-bond acceptors (Lipinski definition) is 1. The second-order valence-corrected chi connectivity index (χ2v) is 9.73. The van der Waals surface area contributed by atoms with Crippen LogP contribution in [0.4, 0.5) is 5.69 Å². The summed E-state index contributed by atoms with van der Waals surface area (Å²) in [7, 11) is 4.35. The zero-order valence-electron chi connectivity index (χ0n) is 13.8. The van der Waals surface area contributed by atoms with Crippen molar-refractivity contribution in [3.63, 3.8) is 0 Å². The van der Waals surface area contributed by atoms with Gasteiger partial charge in [0.1, 0.15) is 0 Å². The van der Waals surface area contributed by atoms with Gasteiger partial charge in [-0.2, -0.15) is 0 Å². The molecule has 0 bridgehead atoms. The van der Waals surface area contributed by atoms with E-state index in [0.717, 1.165) is 6.42 Å². The summed E-state index contributed by atoms with van der Waals surface area (Å²) in [5.41, 5.74) is 7.45. The quantitative estimate of drug-likeness (QED) is 0.458. The molecule has 0 saturated carbocycles. The average Bonchev–Trinajstić information content (AvgIpc) is 3.14. The standard InChI is InChI=1S/C15H14N.C5H5.2ClH.Zr/c1-16(2)13-7-8-15-12(10-13)9-11-5-3-4-6-14(11)15;1-2-4-5-3-1;;;/h3-8H,9H2,1-2H3;1-5H;2*1H;/q;;;;+2/p-2. The first-order chi connectivity index (χ1) is 10.7. The monoisotopic (exact) mass is 433 g/mol. The number of allylic oxidation sites excluding steroid dienone is 4. The van der Waals surface area contributed by atoms with Crippen molar-refractivity contribution in [2.75, 3.05) is 19.0 Å². The van der Waals surface area contributed by atoms with E-state index in [-0.39, 0.29) is 24.8 Å². The number of benzene rings is 2. The Morgan fingerprint density at radius 1 is 0.917 bits per heavy atom. The topological polar surface area (TPSA) is 3.24 Å². The number of rotatable bonds is 3. The van der Waals surface area contributed by atoms with E-state index in [2.05, 4.69) is 79.7 Å². The van der Waals surface area contributed by atoms with E-state index >= 15 is 0 Å². The van der Waals surface area contributed by atoms with Crippen LogP contribution in [0.1, 0.15) is 11.1 Å². The van der Waals surface area contributed by atoms with Crippen LogP contribution in [0.15, 0.2) is 60.7 Å². The molecular formula is C20H19Cl2NZr. The first-order valence-corrected chi connectivity index (χ1v) is 10.4. The summed E-state index contributed by atoms with van der Waals surface area (Å²) in [5, 5.41) is 0. The van der Waals surface area contributed by atoms with Gasteiger partial charge >= 0.3 is 144 Å². The minimum atomic E-state index is -0.684. The second kappa shape index (κ2) is 8.04. The Morgan fingerprint density at radius 2 is 1.62 bits per heavy atom. The number of halogens is 2. The molecule has 0 saturated heterocycles. The van der Waals surface area contributed by atoms with E-state index in [1.165, 1.54) is 22.4 Å². The van der Waals surface area contributed by atoms with Crippen LogP contribution >= 0.6 is 0 Å². The van der Waals surface area contributed by atoms with Crippen LogP contribution in [0.3, 0.4) is 0 Å². The summed E-state index contributed by atoms with van der Waals surface area (Å²) in [6.45, 7) is 0. The fraction of sp³-hybridized carbons (Fsp3) is 0.200. The molecule has 0 atom stereocenters. The predicted octanol–water partition coefficient (Wildman–Crippen LogP) is -2.05. The molecule has 24 heavy (non-hydrogen) atoms. The van der Waals surface area contributed by atoms with Gasteiger partial charge < -0.3 is 24.8 Å². The summed E-state index contributed by atoms with van der Waals surface area (Å²) < 4.78 is 2.39. The van der Waals surface area contributed by atoms with Crippen LogP contribution in [0.2, 0.25) is 3.63 Å². The van der Waals surface area contributed by atoms with Gasteiger partial charge in [-0.3, -0.25) is 0 Å². The molecule has 2 aromatic carbocycles. The number of nitrogens with zero attached hydrogens (tertiary/aromatic N) is 1. The normalized spacial score (nSPS) is 13.6. The second-order valence-electron chi connectivity index (χ2n) is 6.15. The molecule has 4 rings (SSSR count). The molecule has 0 N–H and O–H groups in total. The number of anilines is 1. The molecule has 0 amide bonds. The van der Waals surface area contributed by atoms with Gasteiger partial charge in [0.05, 0.1) is 0 Å². The van der Waals surface area contributed by atoms with Crippen LogP contribution in [0, 0.1) is 0 Å². The summed E-state index contributed by atoms with van der Waals surface area (Å²) in [6.07, 6.45) is 10.3. The zero-order valence-corrected chi connectivity index (χ0v) is 17.7. The molecule has 0 aliphatic heterocycles. The van der Waals surface area contributed by atoms with Crippen LogP contribution in [0.25, 0.3) is 11.1 Å². The molecule has 1 nitrogen and oxygen atoms in total. The summed E-state index contributed by atoms with van der Waals surface area (Å²) in [6, 6.07) is 13.6. The van der Waals surface area contributed by atoms with Gasteiger partial charge in [-0.1, -0.05) is 0 Å². The Balaban J connectivity index is 0.00000104. The number of hydrogen-bond donors (Lipinski definition) is 0. The fourth-order valence-electron chi connectivity index (χ4n) is 3.43. The van der Waals surface area contributed by atoms with Gasteiger partial charge in [0.2, 0.25) is 0 Å². The van der Waals surface area contributed by atoms with E-state index in [1.54, 1.807) is 8.83 Å². The summed E-state index contributed by atoms with van der Waals surface area (Å²) in [5.74, 6) is 0. The molecule has 2 aliphatic rings. The summed E-state index contributed by atoms with van der Waals surface area (Å²) in [4.78, 5) is 2.29. The van der Waals surface area contributed by atoms with Gasteiger partial charge in [0.25, 0.3) is 0 Å². The van der Waals surface area contributed by atoms with Crippen molar-refractivity contribution in [1.82, 2.24) is 0 Å². The Hall–Kier alpha value is -0.817. The van der Waals surface area contributed by atoms with Crippen molar-refractivity contribution in [2.24, 2.45) is 0 Å². The minimum absolute atomic E-state index is 0. The van der Waals surface area contributed by atoms with Crippen LogP contribution in [-0.4, -0.2) is 14.1 Å². The van der Waals surface area contributed by atoms with E-state index in [0.29, 0.717) is 3.63 Å². The maximum absolute atomic E-state index is 2.38. The zero-order chi connectivity index (χ0) is 15.1. The van der Waals surface area contributed by atoms with E-state index < -0.39 is 23.2 Å². The molecule has 0 heterocycles. The molecule has 2 aliphatic carbocycles. The third kappa shape index (κ3) is 3.43. The molecule has 122 valence electrons. The molecule has 0 spiro atoms. The third-order valence-electron chi connectivity index (χ3n) is 4.51. The van der Waals surface area contributed by atoms with Crippen LogP contribution < -0.4 is 33.0 Å². The first kappa shape index (κ1) is 19.5. The minimum Gasteiger partial charge on any atom is -1.00 e. The van der Waals surface area contributed by atoms with Crippen molar-refractivity contribution in [3.8, 4) is 11.1 Å². The van der Waals surface area contributed by atoms with Crippen molar-refractivity contribution in [2.45, 2.75) is 10.0 Å². The molecule has 0 radical (unpaired) electrons. The van der Waals surface area contributed by atoms with Gasteiger partial charge in [0, 0.05) is 0 Å². The van der Waals surface area contributed by atoms with Crippen LogP contribution in [-0.2, 0) is 29.7 Å². The molecular weight excluding hydrogens is 416 g/mol. The molecule has 2 aromatic rings. The Morgan fingerprint density at radius 3 is 2.33 bits per heavy atom. The average molecular weight is 436 g/mol. The molecule has 0 aromatic heterocycles. The van der Waals surface area contributed by atoms with Crippen molar-refractivity contribution >= 4 is 8.96 Å². The SMILES string of the molecule is CN(C)c1ccc2c([c]1[Zr+2][CH]1C=CC=C1)Cc1ccccc1-2.[Cl-].[Cl-]. The molecule has 4 heteroatoms. The van der Waals surface area contributed by atoms with E-state index in [1.807, 2.05) is 0 Å². The van der Waals surface area contributed by atoms with E-state index in [4.69, 9.17) is 0 Å². The molecule has 0 unspecified atom stereocenters. The maximum atomic E-state index is 2.38. The first-order valence-electron chi connectivity index (χ1n) is 7.77. The van der Waals surface area contributed by atoms with Gasteiger partial charge in [-0.25, -0.2) is 0 Å². The Kier molecular flexibility index (Phi) is 6.54. The van der Waals surface area contributed by atoms with Gasteiger partial charge in [-0.15, -0.1) is 0 Å². The van der Waals surface area contributed by atoms with E-state index in [9.17, 15) is 0 Å². The van der Waals surface area contributed by atoms with Crippen molar-refractivity contribution in [1.29, 1.82) is 0 Å². The summed E-state index contributed by atoms with van der Waals surface area (Å²) >= 11 is -0.684. The van der Waals surface area contributed by atoms with Crippen molar-refractivity contribution < 1.29 is 48.0 Å². The maximum Gasteiger partial charge on any atom is -1.00 e. The van der Waals surface area contributed by atoms with Gasteiger partial charge in [-0.05, 0) is 0 Å². The number of fused-ring (bicyclic) bond motifs is 3. The smallest absolute Gasteiger partial charge is 1.00 e.